The average Bonchev–Trinajstić information content (AvgIpc) is 3.04. The monoisotopic (exact) mass is 413 g/mol. The molecule has 1 aromatic heterocycles. The summed E-state index contributed by atoms with van der Waals surface area (Å²) in [5.74, 6) is -0.742. The van der Waals surface area contributed by atoms with E-state index in [1.165, 1.54) is 17.4 Å². The highest BCUT2D eigenvalue weighted by molar-refractivity contribution is 7.23. The van der Waals surface area contributed by atoms with Crippen LogP contribution < -0.4 is 5.32 Å². The van der Waals surface area contributed by atoms with Crippen LogP contribution in [0.3, 0.4) is 0 Å². The lowest BCUT2D eigenvalue weighted by atomic mass is 10.1. The summed E-state index contributed by atoms with van der Waals surface area (Å²) < 4.78 is 6.30. The van der Waals surface area contributed by atoms with Gasteiger partial charge in [0.05, 0.1) is 6.61 Å². The van der Waals surface area contributed by atoms with Crippen molar-refractivity contribution in [3.8, 4) is 0 Å². The lowest BCUT2D eigenvalue weighted by Crippen LogP contribution is -2.12. The molecule has 2 aromatic carbocycles. The average molecular weight is 414 g/mol. The minimum absolute atomic E-state index is 0.325. The fraction of sp³-hybridized carbons (Fsp3) is 0.182. The minimum Gasteiger partial charge on any atom is -0.462 e. The lowest BCUT2D eigenvalue weighted by molar-refractivity contribution is -0.111. The van der Waals surface area contributed by atoms with Crippen LogP contribution in [0.2, 0.25) is 5.02 Å². The van der Waals surface area contributed by atoms with Gasteiger partial charge in [0, 0.05) is 21.2 Å². The molecule has 4 nitrogen and oxygen atoms in total. The van der Waals surface area contributed by atoms with Crippen molar-refractivity contribution in [1.82, 2.24) is 0 Å². The third-order valence-electron chi connectivity index (χ3n) is 4.04. The second-order valence-corrected chi connectivity index (χ2v) is 7.66. The van der Waals surface area contributed by atoms with Gasteiger partial charge < -0.3 is 10.1 Å². The summed E-state index contributed by atoms with van der Waals surface area (Å²) in [7, 11) is 0. The smallest absolute Gasteiger partial charge is 0.341 e. The van der Waals surface area contributed by atoms with Crippen LogP contribution in [-0.4, -0.2) is 18.5 Å². The molecule has 0 saturated carbocycles. The van der Waals surface area contributed by atoms with Gasteiger partial charge in [-0.05, 0) is 36.3 Å². The Labute approximate surface area is 172 Å². The Morgan fingerprint density at radius 3 is 2.79 bits per heavy atom. The summed E-state index contributed by atoms with van der Waals surface area (Å²) in [5.41, 5.74) is 1.22. The number of hydrogen-bond acceptors (Lipinski definition) is 4. The maximum absolute atomic E-state index is 12.6. The van der Waals surface area contributed by atoms with Crippen molar-refractivity contribution in [3.05, 3.63) is 70.8 Å². The molecule has 1 amide bonds. The molecule has 0 aliphatic rings. The van der Waals surface area contributed by atoms with Crippen molar-refractivity contribution in [2.24, 2.45) is 0 Å². The van der Waals surface area contributed by atoms with Crippen LogP contribution >= 0.6 is 22.9 Å². The summed E-state index contributed by atoms with van der Waals surface area (Å²) in [6.45, 7) is 2.40. The van der Waals surface area contributed by atoms with Gasteiger partial charge in [-0.15, -0.1) is 11.3 Å². The molecule has 0 spiro atoms. The summed E-state index contributed by atoms with van der Waals surface area (Å²) in [6, 6.07) is 14.7. The number of ether oxygens (including phenoxy) is 1. The van der Waals surface area contributed by atoms with E-state index in [0.717, 1.165) is 28.5 Å². The van der Waals surface area contributed by atoms with Gasteiger partial charge in [-0.1, -0.05) is 55.3 Å². The highest BCUT2D eigenvalue weighted by atomic mass is 35.5. The Morgan fingerprint density at radius 2 is 2.00 bits per heavy atom. The van der Waals surface area contributed by atoms with Gasteiger partial charge in [-0.3, -0.25) is 4.79 Å². The van der Waals surface area contributed by atoms with Crippen LogP contribution in [-0.2, 0) is 9.53 Å². The molecule has 1 heterocycles. The molecule has 0 aliphatic heterocycles. The first-order chi connectivity index (χ1) is 13.6. The number of nitrogens with one attached hydrogen (secondary N) is 1. The molecule has 0 unspecified atom stereocenters. The topological polar surface area (TPSA) is 55.4 Å². The number of esters is 1. The van der Waals surface area contributed by atoms with E-state index in [4.69, 9.17) is 16.3 Å². The summed E-state index contributed by atoms with van der Waals surface area (Å²) in [5, 5.41) is 4.69. The Kier molecular flexibility index (Phi) is 6.85. The first kappa shape index (κ1) is 20.1. The number of amides is 1. The van der Waals surface area contributed by atoms with Crippen molar-refractivity contribution in [1.29, 1.82) is 0 Å². The van der Waals surface area contributed by atoms with Gasteiger partial charge in [-0.2, -0.15) is 0 Å². The molecule has 0 atom stereocenters. The molecular weight excluding hydrogens is 394 g/mol. The third kappa shape index (κ3) is 5.00. The Bertz CT molecular complexity index is 1030. The molecule has 6 heteroatoms. The molecule has 0 aliphatic carbocycles. The molecule has 0 fully saturated rings. The van der Waals surface area contributed by atoms with Gasteiger partial charge >= 0.3 is 5.97 Å². The first-order valence-electron chi connectivity index (χ1n) is 9.01. The number of benzene rings is 2. The third-order valence-corrected chi connectivity index (χ3v) is 5.36. The zero-order valence-electron chi connectivity index (χ0n) is 15.4. The van der Waals surface area contributed by atoms with Crippen molar-refractivity contribution < 1.29 is 14.3 Å². The van der Waals surface area contributed by atoms with E-state index in [1.54, 1.807) is 18.2 Å². The van der Waals surface area contributed by atoms with E-state index >= 15 is 0 Å². The molecular formula is C22H20ClNO3S. The molecule has 3 rings (SSSR count). The SMILES string of the molecule is CCCCOC(=O)c1c(NC(=O)C=Cc2cccc(Cl)c2)sc2ccccc12. The Balaban J connectivity index is 1.82. The number of carbonyl (C=O) groups excluding carboxylic acids is 2. The fourth-order valence-electron chi connectivity index (χ4n) is 2.65. The highest BCUT2D eigenvalue weighted by Crippen LogP contribution is 2.36. The second kappa shape index (κ2) is 9.53. The number of anilines is 1. The highest BCUT2D eigenvalue weighted by Gasteiger charge is 2.21. The van der Waals surface area contributed by atoms with E-state index in [0.29, 0.717) is 22.2 Å². The maximum Gasteiger partial charge on any atom is 0.341 e. The van der Waals surface area contributed by atoms with Crippen LogP contribution in [0.1, 0.15) is 35.7 Å². The molecule has 1 N–H and O–H groups in total. The van der Waals surface area contributed by atoms with Crippen molar-refractivity contribution in [3.63, 3.8) is 0 Å². The van der Waals surface area contributed by atoms with E-state index in [9.17, 15) is 9.59 Å². The number of fused-ring (bicyclic) bond motifs is 1. The predicted molar refractivity (Wildman–Crippen MR) is 116 cm³/mol. The molecule has 0 saturated heterocycles. The van der Waals surface area contributed by atoms with Crippen LogP contribution in [0.15, 0.2) is 54.6 Å². The Morgan fingerprint density at radius 1 is 1.18 bits per heavy atom. The lowest BCUT2D eigenvalue weighted by Gasteiger charge is -2.06. The molecule has 144 valence electrons. The van der Waals surface area contributed by atoms with Crippen LogP contribution in [0.25, 0.3) is 16.2 Å². The zero-order chi connectivity index (χ0) is 19.9. The summed E-state index contributed by atoms with van der Waals surface area (Å²) in [6.07, 6.45) is 4.84. The van der Waals surface area contributed by atoms with Crippen molar-refractivity contribution >= 4 is 56.0 Å². The molecule has 3 aromatic rings. The van der Waals surface area contributed by atoms with Gasteiger partial charge in [0.1, 0.15) is 10.6 Å². The van der Waals surface area contributed by atoms with Gasteiger partial charge in [0.25, 0.3) is 0 Å². The van der Waals surface area contributed by atoms with E-state index in [-0.39, 0.29) is 5.91 Å². The number of unbranched alkanes of at least 4 members (excludes halogenated alkanes) is 1. The van der Waals surface area contributed by atoms with Crippen LogP contribution in [0.5, 0.6) is 0 Å². The van der Waals surface area contributed by atoms with Gasteiger partial charge in [-0.25, -0.2) is 4.79 Å². The second-order valence-electron chi connectivity index (χ2n) is 6.17. The largest absolute Gasteiger partial charge is 0.462 e. The van der Waals surface area contributed by atoms with Crippen LogP contribution in [0.4, 0.5) is 5.00 Å². The van der Waals surface area contributed by atoms with Crippen LogP contribution in [0, 0.1) is 0 Å². The molecule has 0 radical (unpaired) electrons. The van der Waals surface area contributed by atoms with E-state index in [1.807, 2.05) is 43.3 Å². The normalized spacial score (nSPS) is 11.1. The van der Waals surface area contributed by atoms with Crippen molar-refractivity contribution in [2.75, 3.05) is 11.9 Å². The first-order valence-corrected chi connectivity index (χ1v) is 10.2. The predicted octanol–water partition coefficient (Wildman–Crippen LogP) is 6.16. The number of halogens is 1. The summed E-state index contributed by atoms with van der Waals surface area (Å²) >= 11 is 7.31. The number of carbonyl (C=O) groups is 2. The number of hydrogen-bond donors (Lipinski definition) is 1. The fourth-order valence-corrected chi connectivity index (χ4v) is 3.95. The minimum atomic E-state index is -0.417. The van der Waals surface area contributed by atoms with E-state index < -0.39 is 5.97 Å². The van der Waals surface area contributed by atoms with Crippen molar-refractivity contribution in [2.45, 2.75) is 19.8 Å². The number of rotatable bonds is 7. The molecule has 0 bridgehead atoms. The maximum atomic E-state index is 12.6. The zero-order valence-corrected chi connectivity index (χ0v) is 17.0. The van der Waals surface area contributed by atoms with Gasteiger partial charge in [0.15, 0.2) is 0 Å². The van der Waals surface area contributed by atoms with E-state index in [2.05, 4.69) is 5.32 Å². The summed E-state index contributed by atoms with van der Waals surface area (Å²) in [4.78, 5) is 25.0. The van der Waals surface area contributed by atoms with Gasteiger partial charge in [0.2, 0.25) is 5.91 Å². The quantitative estimate of drug-likeness (QED) is 0.286. The molecule has 28 heavy (non-hydrogen) atoms. The Hall–Kier alpha value is -2.63. The standard InChI is InChI=1S/C22H20ClNO3S/c1-2-3-13-27-22(26)20-17-9-4-5-10-18(17)28-21(20)24-19(25)12-11-15-7-6-8-16(23)14-15/h4-12,14H,2-3,13H2,1H3,(H,24,25). The number of thiophene rings is 1.